The lowest BCUT2D eigenvalue weighted by molar-refractivity contribution is 1.13. The van der Waals surface area contributed by atoms with Gasteiger partial charge in [-0.1, -0.05) is 120 Å². The van der Waals surface area contributed by atoms with Gasteiger partial charge in [0.05, 0.1) is 56.5 Å². The smallest absolute Gasteiger partial charge is 0.0993 e. The molecule has 0 saturated carbocycles. The van der Waals surface area contributed by atoms with Crippen molar-refractivity contribution >= 4 is 43.6 Å². The van der Waals surface area contributed by atoms with Crippen molar-refractivity contribution in [3.63, 3.8) is 0 Å². The van der Waals surface area contributed by atoms with Crippen molar-refractivity contribution in [2.45, 2.75) is 13.8 Å². The van der Waals surface area contributed by atoms with Crippen molar-refractivity contribution in [2.75, 3.05) is 0 Å². The molecule has 254 valence electrons. The number of hydrogen-bond acceptors (Lipinski definition) is 2. The van der Waals surface area contributed by atoms with E-state index in [1.165, 1.54) is 32.7 Å². The number of para-hydroxylation sites is 2. The first-order valence-corrected chi connectivity index (χ1v) is 18.3. The van der Waals surface area contributed by atoms with Crippen LogP contribution in [-0.2, 0) is 0 Å². The second-order valence-electron chi connectivity index (χ2n) is 14.1. The van der Waals surface area contributed by atoms with E-state index in [4.69, 9.17) is 4.98 Å². The minimum Gasteiger partial charge on any atom is -0.308 e. The van der Waals surface area contributed by atoms with Crippen molar-refractivity contribution in [3.8, 4) is 51.1 Å². The van der Waals surface area contributed by atoms with E-state index in [0.29, 0.717) is 5.56 Å². The van der Waals surface area contributed by atoms with E-state index in [-0.39, 0.29) is 0 Å². The summed E-state index contributed by atoms with van der Waals surface area (Å²) in [7, 11) is 0. The molecule has 10 aromatic rings. The Bertz CT molecular complexity index is 2920. The normalized spacial score (nSPS) is 11.5. The molecule has 0 amide bonds. The molecule has 10 rings (SSSR count). The summed E-state index contributed by atoms with van der Waals surface area (Å²) in [6.07, 6.45) is 0. The summed E-state index contributed by atoms with van der Waals surface area (Å²) < 4.78 is 4.71. The summed E-state index contributed by atoms with van der Waals surface area (Å²) in [5.41, 5.74) is 15.0. The molecule has 4 heteroatoms. The molecular weight excluding hydrogens is 657 g/mol. The lowest BCUT2D eigenvalue weighted by Crippen LogP contribution is -2.05. The Morgan fingerprint density at radius 2 is 0.852 bits per heavy atom. The molecule has 0 bridgehead atoms. The zero-order valence-corrected chi connectivity index (χ0v) is 30.0. The standard InChI is InChI=1S/C50H34N4/c1-32-21-23-46-40(25-32)38-17-9-11-19-44(38)53(46)48-27-34(31-51)28-49(54-45-20-12-10-18-39(45)41-26-33(2)22-24-47(41)54)50(48)37-29-42(35-13-5-3-6-14-35)52-43(30-37)36-15-7-4-8-16-36/h3-30H,1-2H3. The van der Waals surface area contributed by atoms with Crippen molar-refractivity contribution in [2.24, 2.45) is 0 Å². The number of pyridine rings is 1. The molecule has 54 heavy (non-hydrogen) atoms. The molecule has 0 N–H and O–H groups in total. The van der Waals surface area contributed by atoms with Gasteiger partial charge in [-0.15, -0.1) is 0 Å². The summed E-state index contributed by atoms with van der Waals surface area (Å²) >= 11 is 0. The highest BCUT2D eigenvalue weighted by atomic mass is 15.0. The average Bonchev–Trinajstić information content (AvgIpc) is 3.72. The minimum absolute atomic E-state index is 0.584. The molecule has 0 aliphatic rings. The van der Waals surface area contributed by atoms with Crippen molar-refractivity contribution < 1.29 is 0 Å². The lowest BCUT2D eigenvalue weighted by Gasteiger charge is -2.22. The number of rotatable bonds is 5. The zero-order chi connectivity index (χ0) is 36.3. The van der Waals surface area contributed by atoms with Crippen LogP contribution in [0.15, 0.2) is 170 Å². The van der Waals surface area contributed by atoms with Crippen LogP contribution >= 0.6 is 0 Å². The van der Waals surface area contributed by atoms with Crippen LogP contribution in [0.1, 0.15) is 16.7 Å². The van der Waals surface area contributed by atoms with Gasteiger partial charge in [-0.3, -0.25) is 0 Å². The van der Waals surface area contributed by atoms with E-state index in [1.807, 2.05) is 12.1 Å². The third-order valence-corrected chi connectivity index (χ3v) is 10.6. The molecule has 3 aromatic heterocycles. The third-order valence-electron chi connectivity index (χ3n) is 10.6. The molecule has 0 saturated heterocycles. The van der Waals surface area contributed by atoms with Crippen LogP contribution in [0.3, 0.4) is 0 Å². The molecule has 3 heterocycles. The van der Waals surface area contributed by atoms with Gasteiger partial charge in [-0.25, -0.2) is 4.98 Å². The van der Waals surface area contributed by atoms with E-state index >= 15 is 0 Å². The van der Waals surface area contributed by atoms with Gasteiger partial charge in [-0.05, 0) is 80.1 Å². The van der Waals surface area contributed by atoms with E-state index < -0.39 is 0 Å². The van der Waals surface area contributed by atoms with Crippen LogP contribution in [0.5, 0.6) is 0 Å². The Labute approximate surface area is 313 Å². The minimum atomic E-state index is 0.584. The fourth-order valence-electron chi connectivity index (χ4n) is 8.21. The maximum Gasteiger partial charge on any atom is 0.0993 e. The molecule has 0 unspecified atom stereocenters. The number of nitriles is 1. The first-order valence-electron chi connectivity index (χ1n) is 18.3. The quantitative estimate of drug-likeness (QED) is 0.180. The molecule has 4 nitrogen and oxygen atoms in total. The van der Waals surface area contributed by atoms with Crippen LogP contribution in [0.25, 0.3) is 88.6 Å². The Morgan fingerprint density at radius 3 is 1.31 bits per heavy atom. The van der Waals surface area contributed by atoms with Gasteiger partial charge in [-0.2, -0.15) is 5.26 Å². The topological polar surface area (TPSA) is 46.5 Å². The molecule has 7 aromatic carbocycles. The first-order chi connectivity index (χ1) is 26.6. The Kier molecular flexibility index (Phi) is 7.28. The fraction of sp³-hybridized carbons (Fsp3) is 0.0400. The fourth-order valence-corrected chi connectivity index (χ4v) is 8.21. The summed E-state index contributed by atoms with van der Waals surface area (Å²) in [5, 5.41) is 15.5. The third kappa shape index (κ3) is 5.02. The average molecular weight is 691 g/mol. The van der Waals surface area contributed by atoms with Gasteiger partial charge in [0.15, 0.2) is 0 Å². The van der Waals surface area contributed by atoms with Crippen molar-refractivity contribution in [1.29, 1.82) is 5.26 Å². The van der Waals surface area contributed by atoms with Crippen molar-refractivity contribution in [1.82, 2.24) is 14.1 Å². The molecule has 0 fully saturated rings. The van der Waals surface area contributed by atoms with Crippen molar-refractivity contribution in [3.05, 3.63) is 187 Å². The van der Waals surface area contributed by atoms with E-state index in [1.54, 1.807) is 0 Å². The number of hydrogen-bond donors (Lipinski definition) is 0. The molecule has 0 spiro atoms. The first kappa shape index (κ1) is 31.5. The molecule has 0 atom stereocenters. The Balaban J connectivity index is 1.42. The van der Waals surface area contributed by atoms with Crippen LogP contribution in [0.4, 0.5) is 0 Å². The maximum atomic E-state index is 10.8. The van der Waals surface area contributed by atoms with Gasteiger partial charge in [0.25, 0.3) is 0 Å². The monoisotopic (exact) mass is 690 g/mol. The second kappa shape index (κ2) is 12.5. The predicted octanol–water partition coefficient (Wildman–Crippen LogP) is 12.8. The maximum absolute atomic E-state index is 10.8. The summed E-state index contributed by atoms with van der Waals surface area (Å²) in [6.45, 7) is 4.28. The number of aromatic nitrogens is 3. The van der Waals surface area contributed by atoms with Crippen LogP contribution in [0.2, 0.25) is 0 Å². The predicted molar refractivity (Wildman–Crippen MR) is 223 cm³/mol. The van der Waals surface area contributed by atoms with Gasteiger partial charge in [0, 0.05) is 38.2 Å². The highest BCUT2D eigenvalue weighted by Crippen LogP contribution is 2.44. The Morgan fingerprint density at radius 1 is 0.426 bits per heavy atom. The summed E-state index contributed by atoms with van der Waals surface area (Å²) in [5.74, 6) is 0. The van der Waals surface area contributed by atoms with Gasteiger partial charge in [0.1, 0.15) is 0 Å². The number of benzene rings is 7. The second-order valence-corrected chi connectivity index (χ2v) is 14.1. The van der Waals surface area contributed by atoms with E-state index in [2.05, 4.69) is 187 Å². The number of fused-ring (bicyclic) bond motifs is 6. The largest absolute Gasteiger partial charge is 0.308 e. The summed E-state index contributed by atoms with van der Waals surface area (Å²) in [6, 6.07) is 62.4. The van der Waals surface area contributed by atoms with Crippen LogP contribution in [-0.4, -0.2) is 14.1 Å². The molecular formula is C50H34N4. The molecule has 0 aliphatic carbocycles. The summed E-state index contributed by atoms with van der Waals surface area (Å²) in [4.78, 5) is 5.27. The van der Waals surface area contributed by atoms with Gasteiger partial charge in [0.2, 0.25) is 0 Å². The van der Waals surface area contributed by atoms with Gasteiger partial charge < -0.3 is 9.13 Å². The number of nitrogens with zero attached hydrogens (tertiary/aromatic N) is 4. The van der Waals surface area contributed by atoms with Crippen LogP contribution in [0, 0.1) is 25.2 Å². The Hall–Kier alpha value is -7.22. The highest BCUT2D eigenvalue weighted by Gasteiger charge is 2.24. The number of aryl methyl sites for hydroxylation is 2. The zero-order valence-electron chi connectivity index (χ0n) is 30.0. The molecule has 0 aliphatic heterocycles. The van der Waals surface area contributed by atoms with Crippen LogP contribution < -0.4 is 0 Å². The molecule has 0 radical (unpaired) electrons. The lowest BCUT2D eigenvalue weighted by atomic mass is 9.95. The SMILES string of the molecule is Cc1ccc2c(c1)c1ccccc1n2-c1cc(C#N)cc(-n2c3ccccc3c3cc(C)ccc32)c1-c1cc(-c2ccccc2)nc(-c2ccccc2)c1. The van der Waals surface area contributed by atoms with E-state index in [0.717, 1.165) is 67.1 Å². The van der Waals surface area contributed by atoms with E-state index in [9.17, 15) is 5.26 Å². The highest BCUT2D eigenvalue weighted by molar-refractivity contribution is 6.12. The van der Waals surface area contributed by atoms with Gasteiger partial charge >= 0.3 is 0 Å².